The molecule has 7 nitrogen and oxygen atoms in total. The van der Waals surface area contributed by atoms with Gasteiger partial charge in [0.1, 0.15) is 0 Å². The van der Waals surface area contributed by atoms with Gasteiger partial charge in [-0.3, -0.25) is 4.98 Å². The van der Waals surface area contributed by atoms with E-state index in [1.54, 1.807) is 6.07 Å². The molecule has 154 valence electrons. The van der Waals surface area contributed by atoms with Crippen molar-refractivity contribution in [3.63, 3.8) is 0 Å². The van der Waals surface area contributed by atoms with Gasteiger partial charge in [-0.1, -0.05) is 0 Å². The Bertz CT molecular complexity index is 1150. The Labute approximate surface area is 172 Å². The van der Waals surface area contributed by atoms with Crippen molar-refractivity contribution in [2.75, 3.05) is 26.7 Å². The molecule has 4 N–H and O–H groups in total. The molecule has 1 fully saturated rings. The molecule has 1 aliphatic heterocycles. The lowest BCUT2D eigenvalue weighted by molar-refractivity contribution is 0.0672. The van der Waals surface area contributed by atoms with Gasteiger partial charge < -0.3 is 20.7 Å². The number of nitrogens with two attached hydrogens (primary N) is 1. The third kappa shape index (κ3) is 2.75. The molecule has 0 amide bonds. The number of likely N-dealkylation sites (N-methyl/N-ethyl adjacent to an activating group) is 1. The van der Waals surface area contributed by atoms with E-state index in [2.05, 4.69) is 19.9 Å². The Kier molecular flexibility index (Phi) is 4.23. The van der Waals surface area contributed by atoms with Crippen LogP contribution in [0.4, 0.5) is 4.39 Å². The van der Waals surface area contributed by atoms with Crippen LogP contribution in [-0.2, 0) is 18.3 Å². The lowest BCUT2D eigenvalue weighted by Crippen LogP contribution is -2.61. The minimum atomic E-state index is -0.926. The maximum Gasteiger partial charge on any atom is 0.337 e. The van der Waals surface area contributed by atoms with E-state index >= 15 is 0 Å². The fourth-order valence-corrected chi connectivity index (χ4v) is 4.89. The predicted molar refractivity (Wildman–Crippen MR) is 110 cm³/mol. The van der Waals surface area contributed by atoms with E-state index in [9.17, 15) is 14.3 Å². The summed E-state index contributed by atoms with van der Waals surface area (Å²) in [7, 11) is 2.00. The maximum atomic E-state index is 13.2. The summed E-state index contributed by atoms with van der Waals surface area (Å²) < 4.78 is 13.2. The number of pyridine rings is 2. The molecule has 0 unspecified atom stereocenters. The summed E-state index contributed by atoms with van der Waals surface area (Å²) in [4.78, 5) is 26.1. The molecule has 2 aliphatic rings. The molecule has 0 radical (unpaired) electrons. The number of halogens is 1. The van der Waals surface area contributed by atoms with Gasteiger partial charge in [0, 0.05) is 54.3 Å². The Hall–Kier alpha value is -3.10. The second kappa shape index (κ2) is 6.72. The standard InChI is InChI=1S/C22H22FN5O2/c1-28-10-22(9-24,11-28)20-18(21(29)30)14-4-2-12-7-25-16(6-15(12)19(14)27-20)13-3-5-17(23)26-8-13/h3,5-8,27H,2,4,9-11,24H2,1H3,(H,29,30). The highest BCUT2D eigenvalue weighted by atomic mass is 19.1. The number of hydrogen-bond donors (Lipinski definition) is 3. The first-order valence-corrected chi connectivity index (χ1v) is 9.90. The highest BCUT2D eigenvalue weighted by molar-refractivity contribution is 5.95. The summed E-state index contributed by atoms with van der Waals surface area (Å²) in [5.74, 6) is -1.47. The number of nitrogens with one attached hydrogen (secondary N) is 1. The molecule has 4 heterocycles. The molecular weight excluding hydrogens is 385 g/mol. The zero-order chi connectivity index (χ0) is 21.0. The van der Waals surface area contributed by atoms with Crippen molar-refractivity contribution in [3.8, 4) is 22.5 Å². The summed E-state index contributed by atoms with van der Waals surface area (Å²) in [5, 5.41) is 10.0. The van der Waals surface area contributed by atoms with Gasteiger partial charge in [0.15, 0.2) is 0 Å². The van der Waals surface area contributed by atoms with Crippen molar-refractivity contribution in [1.29, 1.82) is 0 Å². The predicted octanol–water partition coefficient (Wildman–Crippen LogP) is 2.22. The smallest absolute Gasteiger partial charge is 0.337 e. The van der Waals surface area contributed by atoms with Crippen LogP contribution in [0.1, 0.15) is 27.2 Å². The minimum Gasteiger partial charge on any atom is -0.478 e. The molecule has 0 saturated carbocycles. The number of aromatic amines is 1. The van der Waals surface area contributed by atoms with Crippen molar-refractivity contribution >= 4 is 5.97 Å². The summed E-state index contributed by atoms with van der Waals surface area (Å²) in [5.41, 5.74) is 11.8. The summed E-state index contributed by atoms with van der Waals surface area (Å²) in [6.07, 6.45) is 4.61. The summed E-state index contributed by atoms with van der Waals surface area (Å²) >= 11 is 0. The zero-order valence-corrected chi connectivity index (χ0v) is 16.6. The number of rotatable bonds is 4. The van der Waals surface area contributed by atoms with Gasteiger partial charge in [-0.2, -0.15) is 4.39 Å². The van der Waals surface area contributed by atoms with E-state index in [1.807, 2.05) is 19.3 Å². The maximum absolute atomic E-state index is 13.2. The van der Waals surface area contributed by atoms with E-state index in [0.29, 0.717) is 36.2 Å². The van der Waals surface area contributed by atoms with Gasteiger partial charge in [-0.05, 0) is 49.2 Å². The number of aromatic carboxylic acids is 1. The molecule has 5 rings (SSSR count). The number of aromatic nitrogens is 3. The molecule has 3 aromatic heterocycles. The summed E-state index contributed by atoms with van der Waals surface area (Å²) in [6, 6.07) is 4.86. The Morgan fingerprint density at radius 2 is 2.10 bits per heavy atom. The van der Waals surface area contributed by atoms with Crippen LogP contribution >= 0.6 is 0 Å². The second-order valence-electron chi connectivity index (χ2n) is 8.29. The van der Waals surface area contributed by atoms with Gasteiger partial charge in [0.2, 0.25) is 5.95 Å². The molecule has 30 heavy (non-hydrogen) atoms. The van der Waals surface area contributed by atoms with Gasteiger partial charge in [0.25, 0.3) is 0 Å². The van der Waals surface area contributed by atoms with Crippen LogP contribution in [0.2, 0.25) is 0 Å². The van der Waals surface area contributed by atoms with Crippen LogP contribution in [-0.4, -0.2) is 57.6 Å². The average molecular weight is 407 g/mol. The van der Waals surface area contributed by atoms with Gasteiger partial charge in [-0.15, -0.1) is 0 Å². The SMILES string of the molecule is CN1CC(CN)(c2[nH]c3c(c2C(=O)O)CCc2cnc(-c4ccc(F)nc4)cc2-3)C1. The third-order valence-corrected chi connectivity index (χ3v) is 6.31. The van der Waals surface area contributed by atoms with Crippen LogP contribution in [0, 0.1) is 5.95 Å². The highest BCUT2D eigenvalue weighted by Gasteiger charge is 2.46. The normalized spacial score (nSPS) is 17.2. The van der Waals surface area contributed by atoms with E-state index < -0.39 is 11.9 Å². The fraction of sp³-hybridized carbons (Fsp3) is 0.318. The van der Waals surface area contributed by atoms with Crippen LogP contribution < -0.4 is 5.73 Å². The number of H-pyrrole nitrogens is 1. The van der Waals surface area contributed by atoms with Gasteiger partial charge in [-0.25, -0.2) is 9.78 Å². The van der Waals surface area contributed by atoms with Crippen molar-refractivity contribution < 1.29 is 14.3 Å². The number of nitrogens with zero attached hydrogens (tertiary/aromatic N) is 3. The number of hydrogen-bond acceptors (Lipinski definition) is 5. The monoisotopic (exact) mass is 407 g/mol. The molecule has 0 aromatic carbocycles. The lowest BCUT2D eigenvalue weighted by Gasteiger charge is -2.48. The number of fused-ring (bicyclic) bond motifs is 3. The van der Waals surface area contributed by atoms with Gasteiger partial charge in [0.05, 0.1) is 17.0 Å². The molecule has 1 aliphatic carbocycles. The van der Waals surface area contributed by atoms with Crippen molar-refractivity contribution in [3.05, 3.63) is 58.9 Å². The van der Waals surface area contributed by atoms with Crippen LogP contribution in [0.15, 0.2) is 30.6 Å². The molecule has 8 heteroatoms. The van der Waals surface area contributed by atoms with E-state index in [-0.39, 0.29) is 5.41 Å². The fourth-order valence-electron chi connectivity index (χ4n) is 4.89. The number of aryl methyl sites for hydroxylation is 1. The molecular formula is C22H22FN5O2. The highest BCUT2D eigenvalue weighted by Crippen LogP contribution is 2.43. The minimum absolute atomic E-state index is 0.357. The topological polar surface area (TPSA) is 108 Å². The Balaban J connectivity index is 1.67. The van der Waals surface area contributed by atoms with Crippen molar-refractivity contribution in [2.45, 2.75) is 18.3 Å². The van der Waals surface area contributed by atoms with E-state index in [0.717, 1.165) is 41.2 Å². The lowest BCUT2D eigenvalue weighted by atomic mass is 9.75. The third-order valence-electron chi connectivity index (χ3n) is 6.31. The number of carboxylic acid groups (broad SMARTS) is 1. The number of likely N-dealkylation sites (tertiary alicyclic amines) is 1. The van der Waals surface area contributed by atoms with Crippen LogP contribution in [0.25, 0.3) is 22.5 Å². The van der Waals surface area contributed by atoms with Crippen molar-refractivity contribution in [2.24, 2.45) is 5.73 Å². The number of carboxylic acids is 1. The molecule has 3 aromatic rings. The average Bonchev–Trinajstić information content (AvgIpc) is 3.12. The van der Waals surface area contributed by atoms with E-state index in [4.69, 9.17) is 5.73 Å². The van der Waals surface area contributed by atoms with E-state index in [1.165, 1.54) is 12.3 Å². The largest absolute Gasteiger partial charge is 0.478 e. The van der Waals surface area contributed by atoms with Crippen LogP contribution in [0.3, 0.4) is 0 Å². The Morgan fingerprint density at radius 3 is 2.73 bits per heavy atom. The molecule has 0 bridgehead atoms. The van der Waals surface area contributed by atoms with Crippen molar-refractivity contribution in [1.82, 2.24) is 19.9 Å². The number of carbonyl (C=O) groups is 1. The molecule has 0 spiro atoms. The zero-order valence-electron chi connectivity index (χ0n) is 16.6. The first-order valence-electron chi connectivity index (χ1n) is 9.90. The quantitative estimate of drug-likeness (QED) is 0.573. The second-order valence-corrected chi connectivity index (χ2v) is 8.29. The molecule has 1 saturated heterocycles. The summed E-state index contributed by atoms with van der Waals surface area (Å²) in [6.45, 7) is 1.82. The Morgan fingerprint density at radius 1 is 1.30 bits per heavy atom. The van der Waals surface area contributed by atoms with Crippen LogP contribution in [0.5, 0.6) is 0 Å². The first-order chi connectivity index (χ1) is 14.4. The molecule has 0 atom stereocenters. The first kappa shape index (κ1) is 18.9. The van der Waals surface area contributed by atoms with Gasteiger partial charge >= 0.3 is 5.97 Å².